The summed E-state index contributed by atoms with van der Waals surface area (Å²) in [5.74, 6) is 0.0332. The Kier molecular flexibility index (Phi) is 5.53. The molecule has 1 saturated heterocycles. The van der Waals surface area contributed by atoms with Gasteiger partial charge in [-0.3, -0.25) is 9.69 Å². The molecule has 0 aliphatic carbocycles. The summed E-state index contributed by atoms with van der Waals surface area (Å²) in [5, 5.41) is 2.97. The third-order valence-corrected chi connectivity index (χ3v) is 4.95. The molecule has 4 nitrogen and oxygen atoms in total. The van der Waals surface area contributed by atoms with E-state index in [2.05, 4.69) is 62.2 Å². The van der Waals surface area contributed by atoms with Crippen LogP contribution in [0.15, 0.2) is 53.0 Å². The molecule has 0 unspecified atom stereocenters. The molecule has 1 aliphatic heterocycles. The topological polar surface area (TPSA) is 35.6 Å². The zero-order valence-electron chi connectivity index (χ0n) is 13.8. The first-order chi connectivity index (χ1) is 11.6. The second-order valence-electron chi connectivity index (χ2n) is 6.13. The van der Waals surface area contributed by atoms with E-state index < -0.39 is 0 Å². The van der Waals surface area contributed by atoms with Crippen molar-refractivity contribution in [2.45, 2.75) is 6.92 Å². The lowest BCUT2D eigenvalue weighted by atomic mass is 10.2. The quantitative estimate of drug-likeness (QED) is 0.871. The van der Waals surface area contributed by atoms with Crippen molar-refractivity contribution in [1.82, 2.24) is 4.90 Å². The van der Waals surface area contributed by atoms with Gasteiger partial charge in [-0.2, -0.15) is 0 Å². The lowest BCUT2D eigenvalue weighted by molar-refractivity contribution is -0.117. The number of carbonyl (C=O) groups is 1. The molecule has 126 valence electrons. The van der Waals surface area contributed by atoms with Crippen molar-refractivity contribution in [3.05, 3.63) is 58.6 Å². The first-order valence-electron chi connectivity index (χ1n) is 8.20. The van der Waals surface area contributed by atoms with Gasteiger partial charge >= 0.3 is 0 Å². The van der Waals surface area contributed by atoms with Crippen molar-refractivity contribution in [2.24, 2.45) is 0 Å². The second kappa shape index (κ2) is 7.81. The SMILES string of the molecule is Cc1cccc(N2CCN(CC(=O)Nc3ccccc3Br)CC2)c1. The van der Waals surface area contributed by atoms with E-state index in [4.69, 9.17) is 0 Å². The molecule has 1 heterocycles. The third-order valence-electron chi connectivity index (χ3n) is 4.25. The van der Waals surface area contributed by atoms with Crippen LogP contribution in [0.5, 0.6) is 0 Å². The first kappa shape index (κ1) is 17.0. The van der Waals surface area contributed by atoms with E-state index >= 15 is 0 Å². The van der Waals surface area contributed by atoms with Gasteiger partial charge in [0.15, 0.2) is 0 Å². The molecule has 0 spiro atoms. The van der Waals surface area contributed by atoms with Gasteiger partial charge in [-0.05, 0) is 52.7 Å². The predicted octanol–water partition coefficient (Wildman–Crippen LogP) is 3.52. The van der Waals surface area contributed by atoms with Crippen LogP contribution in [0.3, 0.4) is 0 Å². The largest absolute Gasteiger partial charge is 0.369 e. The number of amides is 1. The van der Waals surface area contributed by atoms with Gasteiger partial charge < -0.3 is 10.2 Å². The summed E-state index contributed by atoms with van der Waals surface area (Å²) in [6.07, 6.45) is 0. The molecule has 5 heteroatoms. The Morgan fingerprint density at radius 1 is 1.08 bits per heavy atom. The highest BCUT2D eigenvalue weighted by Gasteiger charge is 2.19. The van der Waals surface area contributed by atoms with Crippen molar-refractivity contribution >= 4 is 33.2 Å². The Morgan fingerprint density at radius 2 is 1.83 bits per heavy atom. The number of hydrogen-bond donors (Lipinski definition) is 1. The average molecular weight is 388 g/mol. The fraction of sp³-hybridized carbons (Fsp3) is 0.316. The van der Waals surface area contributed by atoms with E-state index in [1.54, 1.807) is 0 Å². The highest BCUT2D eigenvalue weighted by molar-refractivity contribution is 9.10. The summed E-state index contributed by atoms with van der Waals surface area (Å²) < 4.78 is 0.905. The summed E-state index contributed by atoms with van der Waals surface area (Å²) in [6.45, 7) is 6.25. The maximum Gasteiger partial charge on any atom is 0.238 e. The highest BCUT2D eigenvalue weighted by atomic mass is 79.9. The van der Waals surface area contributed by atoms with Gasteiger partial charge in [-0.25, -0.2) is 0 Å². The van der Waals surface area contributed by atoms with Gasteiger partial charge in [0.25, 0.3) is 0 Å². The van der Waals surface area contributed by atoms with E-state index in [0.717, 1.165) is 36.3 Å². The van der Waals surface area contributed by atoms with Crippen molar-refractivity contribution < 1.29 is 4.79 Å². The smallest absolute Gasteiger partial charge is 0.238 e. The number of para-hydroxylation sites is 1. The van der Waals surface area contributed by atoms with Crippen LogP contribution in [0.4, 0.5) is 11.4 Å². The molecule has 2 aromatic carbocycles. The van der Waals surface area contributed by atoms with Crippen molar-refractivity contribution in [3.8, 4) is 0 Å². The van der Waals surface area contributed by atoms with Crippen LogP contribution in [-0.2, 0) is 4.79 Å². The fourth-order valence-electron chi connectivity index (χ4n) is 2.94. The van der Waals surface area contributed by atoms with Crippen LogP contribution in [0.2, 0.25) is 0 Å². The van der Waals surface area contributed by atoms with Gasteiger partial charge in [-0.15, -0.1) is 0 Å². The Hall–Kier alpha value is -1.85. The normalized spacial score (nSPS) is 15.3. The minimum Gasteiger partial charge on any atom is -0.369 e. The minimum atomic E-state index is 0.0332. The van der Waals surface area contributed by atoms with Gasteiger partial charge in [0.05, 0.1) is 12.2 Å². The van der Waals surface area contributed by atoms with Gasteiger partial charge in [-0.1, -0.05) is 24.3 Å². The number of aryl methyl sites for hydroxylation is 1. The summed E-state index contributed by atoms with van der Waals surface area (Å²) in [6, 6.07) is 16.3. The molecule has 1 amide bonds. The number of hydrogen-bond acceptors (Lipinski definition) is 3. The van der Waals surface area contributed by atoms with E-state index in [0.29, 0.717) is 6.54 Å². The second-order valence-corrected chi connectivity index (χ2v) is 6.98. The Bertz CT molecular complexity index is 711. The maximum atomic E-state index is 12.2. The molecule has 0 radical (unpaired) electrons. The number of halogens is 1. The first-order valence-corrected chi connectivity index (χ1v) is 8.99. The molecular weight excluding hydrogens is 366 g/mol. The van der Waals surface area contributed by atoms with E-state index in [1.165, 1.54) is 11.3 Å². The maximum absolute atomic E-state index is 12.2. The zero-order chi connectivity index (χ0) is 16.9. The standard InChI is InChI=1S/C19H22BrN3O/c1-15-5-4-6-16(13-15)23-11-9-22(10-12-23)14-19(24)21-18-8-3-2-7-17(18)20/h2-8,13H,9-12,14H2,1H3,(H,21,24). The number of rotatable bonds is 4. The lowest BCUT2D eigenvalue weighted by Crippen LogP contribution is -2.48. The number of nitrogens with zero attached hydrogens (tertiary/aromatic N) is 2. The molecule has 0 atom stereocenters. The Morgan fingerprint density at radius 3 is 2.54 bits per heavy atom. The van der Waals surface area contributed by atoms with Crippen LogP contribution >= 0.6 is 15.9 Å². The summed E-state index contributed by atoms with van der Waals surface area (Å²) in [4.78, 5) is 16.8. The predicted molar refractivity (Wildman–Crippen MR) is 103 cm³/mol. The Balaban J connectivity index is 1.50. The molecule has 1 N–H and O–H groups in total. The summed E-state index contributed by atoms with van der Waals surface area (Å²) >= 11 is 3.45. The van der Waals surface area contributed by atoms with Crippen molar-refractivity contribution in [3.63, 3.8) is 0 Å². The molecule has 24 heavy (non-hydrogen) atoms. The number of anilines is 2. The lowest BCUT2D eigenvalue weighted by Gasteiger charge is -2.35. The molecule has 1 fully saturated rings. The zero-order valence-corrected chi connectivity index (χ0v) is 15.4. The van der Waals surface area contributed by atoms with Crippen LogP contribution in [0.25, 0.3) is 0 Å². The molecule has 0 saturated carbocycles. The van der Waals surface area contributed by atoms with E-state index in [9.17, 15) is 4.79 Å². The van der Waals surface area contributed by atoms with E-state index in [1.807, 2.05) is 24.3 Å². The van der Waals surface area contributed by atoms with Crippen LogP contribution in [0, 0.1) is 6.92 Å². The molecule has 1 aliphatic rings. The summed E-state index contributed by atoms with van der Waals surface area (Å²) in [7, 11) is 0. The number of nitrogens with one attached hydrogen (secondary N) is 1. The molecule has 0 bridgehead atoms. The number of benzene rings is 2. The minimum absolute atomic E-state index is 0.0332. The van der Waals surface area contributed by atoms with Crippen LogP contribution < -0.4 is 10.2 Å². The summed E-state index contributed by atoms with van der Waals surface area (Å²) in [5.41, 5.74) is 3.37. The van der Waals surface area contributed by atoms with Gasteiger partial charge in [0.2, 0.25) is 5.91 Å². The number of carbonyl (C=O) groups excluding carboxylic acids is 1. The van der Waals surface area contributed by atoms with Crippen LogP contribution in [0.1, 0.15) is 5.56 Å². The monoisotopic (exact) mass is 387 g/mol. The fourth-order valence-corrected chi connectivity index (χ4v) is 3.33. The van der Waals surface area contributed by atoms with Crippen LogP contribution in [-0.4, -0.2) is 43.5 Å². The van der Waals surface area contributed by atoms with Gasteiger partial charge in [0.1, 0.15) is 0 Å². The molecule has 0 aromatic heterocycles. The van der Waals surface area contributed by atoms with Gasteiger partial charge in [0, 0.05) is 36.3 Å². The Labute approximate surface area is 151 Å². The third kappa shape index (κ3) is 4.36. The molecular formula is C19H22BrN3O. The van der Waals surface area contributed by atoms with Crippen molar-refractivity contribution in [1.29, 1.82) is 0 Å². The average Bonchev–Trinajstić information content (AvgIpc) is 2.58. The van der Waals surface area contributed by atoms with E-state index in [-0.39, 0.29) is 5.91 Å². The van der Waals surface area contributed by atoms with Crippen molar-refractivity contribution in [2.75, 3.05) is 42.9 Å². The molecule has 3 rings (SSSR count). The molecule has 2 aromatic rings. The number of piperazine rings is 1. The highest BCUT2D eigenvalue weighted by Crippen LogP contribution is 2.21.